The lowest BCUT2D eigenvalue weighted by Gasteiger charge is -2.26. The molecule has 2 aromatic rings. The Morgan fingerprint density at radius 3 is 2.90 bits per heavy atom. The molecule has 21 heavy (non-hydrogen) atoms. The maximum absolute atomic E-state index is 12.1. The molecule has 0 aliphatic carbocycles. The van der Waals surface area contributed by atoms with Gasteiger partial charge in [-0.1, -0.05) is 25.1 Å². The van der Waals surface area contributed by atoms with Crippen molar-refractivity contribution in [1.82, 2.24) is 5.32 Å². The van der Waals surface area contributed by atoms with Crippen LogP contribution < -0.4 is 5.32 Å². The van der Waals surface area contributed by atoms with Crippen molar-refractivity contribution >= 4 is 21.2 Å². The smallest absolute Gasteiger partial charge is 0.178 e. The molecule has 1 aromatic heterocycles. The molecule has 1 aliphatic rings. The van der Waals surface area contributed by atoms with E-state index in [9.17, 15) is 8.42 Å². The summed E-state index contributed by atoms with van der Waals surface area (Å²) in [5.41, 5.74) is 2.29. The molecule has 0 spiro atoms. The highest BCUT2D eigenvalue weighted by atomic mass is 32.2. The van der Waals surface area contributed by atoms with Gasteiger partial charge in [0.15, 0.2) is 9.84 Å². The third kappa shape index (κ3) is 2.91. The van der Waals surface area contributed by atoms with E-state index in [1.54, 1.807) is 23.5 Å². The van der Waals surface area contributed by atoms with Gasteiger partial charge >= 0.3 is 0 Å². The average Bonchev–Trinajstić information content (AvgIpc) is 2.94. The largest absolute Gasteiger partial charge is 0.305 e. The first-order valence-electron chi connectivity index (χ1n) is 7.22. The van der Waals surface area contributed by atoms with Gasteiger partial charge in [0.1, 0.15) is 0 Å². The number of benzene rings is 1. The molecule has 0 saturated heterocycles. The second kappa shape index (κ2) is 5.91. The van der Waals surface area contributed by atoms with E-state index in [1.807, 2.05) is 12.1 Å². The zero-order chi connectivity index (χ0) is 14.9. The van der Waals surface area contributed by atoms with Gasteiger partial charge in [-0.25, -0.2) is 8.42 Å². The zero-order valence-corrected chi connectivity index (χ0v) is 13.6. The van der Waals surface area contributed by atoms with Crippen LogP contribution in [0.2, 0.25) is 0 Å². The highest BCUT2D eigenvalue weighted by Crippen LogP contribution is 2.32. The van der Waals surface area contributed by atoms with Gasteiger partial charge in [0.2, 0.25) is 0 Å². The van der Waals surface area contributed by atoms with Crippen LogP contribution in [0.25, 0.3) is 0 Å². The van der Waals surface area contributed by atoms with Crippen molar-refractivity contribution < 1.29 is 8.42 Å². The first-order chi connectivity index (χ1) is 10.1. The molecule has 1 aromatic carbocycles. The van der Waals surface area contributed by atoms with Gasteiger partial charge in [0.25, 0.3) is 0 Å². The van der Waals surface area contributed by atoms with Gasteiger partial charge in [0.05, 0.1) is 10.6 Å². The number of rotatable bonds is 4. The highest BCUT2D eigenvalue weighted by Gasteiger charge is 2.29. The highest BCUT2D eigenvalue weighted by molar-refractivity contribution is 7.91. The maximum Gasteiger partial charge on any atom is 0.178 e. The molecular formula is C16H19NO2S2. The number of thiophene rings is 1. The van der Waals surface area contributed by atoms with Crippen LogP contribution in [0.1, 0.15) is 35.4 Å². The molecule has 1 N–H and O–H groups in total. The summed E-state index contributed by atoms with van der Waals surface area (Å²) in [6, 6.07) is 9.65. The van der Waals surface area contributed by atoms with Gasteiger partial charge < -0.3 is 5.32 Å². The lowest BCUT2D eigenvalue weighted by Crippen LogP contribution is -2.29. The van der Waals surface area contributed by atoms with Crippen molar-refractivity contribution in [2.24, 2.45) is 0 Å². The fourth-order valence-corrected chi connectivity index (χ4v) is 5.40. The van der Waals surface area contributed by atoms with Crippen molar-refractivity contribution in [3.63, 3.8) is 0 Å². The third-order valence-electron chi connectivity index (χ3n) is 4.03. The summed E-state index contributed by atoms with van der Waals surface area (Å²) in [7, 11) is -3.10. The maximum atomic E-state index is 12.1. The molecule has 0 amide bonds. The van der Waals surface area contributed by atoms with Crippen LogP contribution in [0.4, 0.5) is 0 Å². The minimum absolute atomic E-state index is 0.122. The van der Waals surface area contributed by atoms with E-state index < -0.39 is 9.84 Å². The van der Waals surface area contributed by atoms with Crippen LogP contribution in [0, 0.1) is 0 Å². The Kier molecular flexibility index (Phi) is 4.15. The van der Waals surface area contributed by atoms with Crippen LogP contribution >= 0.6 is 11.3 Å². The van der Waals surface area contributed by atoms with Crippen LogP contribution in [0.3, 0.4) is 0 Å². The zero-order valence-electron chi connectivity index (χ0n) is 12.0. The van der Waals surface area contributed by atoms with Crippen molar-refractivity contribution in [3.05, 3.63) is 51.7 Å². The second-order valence-electron chi connectivity index (χ2n) is 5.30. The van der Waals surface area contributed by atoms with Gasteiger partial charge in [-0.2, -0.15) is 0 Å². The molecule has 0 bridgehead atoms. The van der Waals surface area contributed by atoms with Gasteiger partial charge in [-0.15, -0.1) is 11.3 Å². The van der Waals surface area contributed by atoms with Gasteiger partial charge in [-0.3, -0.25) is 0 Å². The van der Waals surface area contributed by atoms with E-state index in [0.29, 0.717) is 11.3 Å². The van der Waals surface area contributed by atoms with E-state index in [2.05, 4.69) is 23.7 Å². The topological polar surface area (TPSA) is 46.2 Å². The lowest BCUT2D eigenvalue weighted by atomic mass is 10.0. The Hall–Kier alpha value is -1.17. The standard InChI is InChI=1S/C16H19NO2S2/c1-2-12-7-9-20-15(12)11-17-14-8-10-21(18,19)16-6-4-3-5-13(14)16/h3-7,9,14,17H,2,8,10-11H2,1H3. The Morgan fingerprint density at radius 1 is 1.29 bits per heavy atom. The first-order valence-corrected chi connectivity index (χ1v) is 9.75. The normalized spacial score (nSPS) is 20.1. The van der Waals surface area contributed by atoms with Gasteiger partial charge in [0, 0.05) is 17.5 Å². The lowest BCUT2D eigenvalue weighted by molar-refractivity contribution is 0.493. The summed E-state index contributed by atoms with van der Waals surface area (Å²) in [6.45, 7) is 2.97. The Balaban J connectivity index is 1.81. The molecule has 1 unspecified atom stereocenters. The van der Waals surface area contributed by atoms with Crippen molar-refractivity contribution in [2.45, 2.75) is 37.2 Å². The summed E-state index contributed by atoms with van der Waals surface area (Å²) in [4.78, 5) is 1.85. The molecule has 3 nitrogen and oxygen atoms in total. The van der Waals surface area contributed by atoms with E-state index in [1.165, 1.54) is 10.4 Å². The van der Waals surface area contributed by atoms with Crippen molar-refractivity contribution in [2.75, 3.05) is 5.75 Å². The van der Waals surface area contributed by atoms with Crippen LogP contribution in [0.15, 0.2) is 40.6 Å². The van der Waals surface area contributed by atoms with Gasteiger partial charge in [-0.05, 0) is 41.5 Å². The molecule has 3 rings (SSSR count). The van der Waals surface area contributed by atoms with E-state index in [0.717, 1.165) is 18.5 Å². The van der Waals surface area contributed by atoms with E-state index in [4.69, 9.17) is 0 Å². The quantitative estimate of drug-likeness (QED) is 0.939. The molecule has 1 atom stereocenters. The number of hydrogen-bond donors (Lipinski definition) is 1. The average molecular weight is 321 g/mol. The third-order valence-corrected chi connectivity index (χ3v) is 6.81. The fourth-order valence-electron chi connectivity index (χ4n) is 2.86. The Labute approximate surface area is 129 Å². The summed E-state index contributed by atoms with van der Waals surface area (Å²) < 4.78 is 24.3. The van der Waals surface area contributed by atoms with Crippen LogP contribution in [-0.2, 0) is 22.8 Å². The molecule has 2 heterocycles. The van der Waals surface area contributed by atoms with Crippen LogP contribution in [-0.4, -0.2) is 14.2 Å². The van der Waals surface area contributed by atoms with Crippen molar-refractivity contribution in [1.29, 1.82) is 0 Å². The predicted molar refractivity (Wildman–Crippen MR) is 86.4 cm³/mol. The molecule has 5 heteroatoms. The Morgan fingerprint density at radius 2 is 2.10 bits per heavy atom. The molecular weight excluding hydrogens is 302 g/mol. The number of hydrogen-bond acceptors (Lipinski definition) is 4. The summed E-state index contributed by atoms with van der Waals surface area (Å²) in [5, 5.41) is 5.66. The fraction of sp³-hybridized carbons (Fsp3) is 0.375. The Bertz CT molecular complexity index is 734. The predicted octanol–water partition coefficient (Wildman–Crippen LogP) is 3.32. The number of fused-ring (bicyclic) bond motifs is 1. The first kappa shape index (κ1) is 14.8. The molecule has 1 aliphatic heterocycles. The molecule has 0 saturated carbocycles. The second-order valence-corrected chi connectivity index (χ2v) is 8.38. The molecule has 0 fully saturated rings. The molecule has 0 radical (unpaired) electrons. The number of aryl methyl sites for hydroxylation is 1. The minimum Gasteiger partial charge on any atom is -0.305 e. The monoisotopic (exact) mass is 321 g/mol. The number of nitrogens with one attached hydrogen (secondary N) is 1. The summed E-state index contributed by atoms with van der Waals surface area (Å²) in [6.07, 6.45) is 1.68. The van der Waals surface area contributed by atoms with Crippen LogP contribution in [0.5, 0.6) is 0 Å². The van der Waals surface area contributed by atoms with E-state index >= 15 is 0 Å². The SMILES string of the molecule is CCc1ccsc1CNC1CCS(=O)(=O)c2ccccc21. The molecule has 112 valence electrons. The summed E-state index contributed by atoms with van der Waals surface area (Å²) >= 11 is 1.76. The summed E-state index contributed by atoms with van der Waals surface area (Å²) in [5.74, 6) is 0.229. The number of sulfone groups is 1. The van der Waals surface area contributed by atoms with Crippen molar-refractivity contribution in [3.8, 4) is 0 Å². The minimum atomic E-state index is -3.10. The van der Waals surface area contributed by atoms with E-state index in [-0.39, 0.29) is 11.8 Å².